The number of methoxy groups -OCH3 is 1. The second-order valence-electron chi connectivity index (χ2n) is 12.3. The Morgan fingerprint density at radius 3 is 2.14 bits per heavy atom. The lowest BCUT2D eigenvalue weighted by Crippen LogP contribution is -2.55. The lowest BCUT2D eigenvalue weighted by Gasteiger charge is -2.35. The van der Waals surface area contributed by atoms with E-state index < -0.39 is 46.2 Å². The van der Waals surface area contributed by atoms with Crippen LogP contribution in [0.15, 0.2) is 114 Å². The summed E-state index contributed by atoms with van der Waals surface area (Å²) in [6.07, 6.45) is -0.0587. The maximum atomic E-state index is 14.7. The van der Waals surface area contributed by atoms with Crippen molar-refractivity contribution in [3.63, 3.8) is 0 Å². The molecule has 0 radical (unpaired) electrons. The van der Waals surface area contributed by atoms with E-state index in [2.05, 4.69) is 5.32 Å². The Hall–Kier alpha value is -4.84. The van der Waals surface area contributed by atoms with E-state index >= 15 is 0 Å². The van der Waals surface area contributed by atoms with Gasteiger partial charge in [-0.3, -0.25) is 13.9 Å². The lowest BCUT2D eigenvalue weighted by molar-refractivity contribution is -0.140. The predicted octanol–water partition coefficient (Wildman–Crippen LogP) is 7.00. The number of nitrogens with zero attached hydrogens (tertiary/aromatic N) is 2. The van der Waals surface area contributed by atoms with E-state index in [0.29, 0.717) is 21.7 Å². The van der Waals surface area contributed by atoms with Crippen LogP contribution in [0.3, 0.4) is 0 Å². The molecule has 1 N–H and O–H groups in total. The summed E-state index contributed by atoms with van der Waals surface area (Å²) >= 11 is 0. The Bertz CT molecular complexity index is 1850. The highest BCUT2D eigenvalue weighted by atomic mass is 32.2. The van der Waals surface area contributed by atoms with Crippen molar-refractivity contribution in [3.05, 3.63) is 126 Å². The van der Waals surface area contributed by atoms with E-state index in [4.69, 9.17) is 4.74 Å². The van der Waals surface area contributed by atoms with E-state index in [0.717, 1.165) is 49.8 Å². The molecule has 1 unspecified atom stereocenters. The fourth-order valence-electron chi connectivity index (χ4n) is 6.15. The molecule has 50 heavy (non-hydrogen) atoms. The maximum Gasteiger partial charge on any atom is 0.416 e. The summed E-state index contributed by atoms with van der Waals surface area (Å²) in [5.41, 5.74) is -0.0356. The molecule has 0 aliphatic heterocycles. The van der Waals surface area contributed by atoms with Gasteiger partial charge in [-0.05, 0) is 66.4 Å². The summed E-state index contributed by atoms with van der Waals surface area (Å²) in [6, 6.07) is 26.0. The number of hydrogen-bond acceptors (Lipinski definition) is 5. The average Bonchev–Trinajstić information content (AvgIpc) is 3.13. The van der Waals surface area contributed by atoms with Crippen LogP contribution in [0, 0.1) is 0 Å². The van der Waals surface area contributed by atoms with E-state index in [-0.39, 0.29) is 29.6 Å². The first kappa shape index (κ1) is 36.4. The highest BCUT2D eigenvalue weighted by Crippen LogP contribution is 2.33. The van der Waals surface area contributed by atoms with Crippen molar-refractivity contribution in [3.8, 4) is 5.75 Å². The molecule has 264 valence electrons. The number of rotatable bonds is 13. The summed E-state index contributed by atoms with van der Waals surface area (Å²) in [4.78, 5) is 30.0. The van der Waals surface area contributed by atoms with Gasteiger partial charge in [0.05, 0.1) is 23.3 Å². The molecule has 0 spiro atoms. The number of sulfonamides is 1. The largest absolute Gasteiger partial charge is 0.497 e. The van der Waals surface area contributed by atoms with Crippen molar-refractivity contribution in [2.75, 3.05) is 18.0 Å². The summed E-state index contributed by atoms with van der Waals surface area (Å²) in [7, 11) is -3.06. The van der Waals surface area contributed by atoms with Gasteiger partial charge >= 0.3 is 6.18 Å². The smallest absolute Gasteiger partial charge is 0.416 e. The minimum Gasteiger partial charge on any atom is -0.497 e. The van der Waals surface area contributed by atoms with Crippen LogP contribution in [0.2, 0.25) is 0 Å². The maximum absolute atomic E-state index is 14.7. The summed E-state index contributed by atoms with van der Waals surface area (Å²) < 4.78 is 75.9. The third kappa shape index (κ3) is 9.23. The fourth-order valence-corrected chi connectivity index (χ4v) is 7.58. The van der Waals surface area contributed by atoms with Gasteiger partial charge in [0.2, 0.25) is 11.8 Å². The molecule has 4 aromatic carbocycles. The predicted molar refractivity (Wildman–Crippen MR) is 185 cm³/mol. The molecule has 0 aromatic heterocycles. The highest BCUT2D eigenvalue weighted by Gasteiger charge is 2.37. The Labute approximate surface area is 290 Å². The number of nitrogens with one attached hydrogen (secondary N) is 1. The van der Waals surface area contributed by atoms with Crippen LogP contribution in [0.1, 0.15) is 48.8 Å². The van der Waals surface area contributed by atoms with Crippen molar-refractivity contribution in [2.45, 2.75) is 68.2 Å². The van der Waals surface area contributed by atoms with Gasteiger partial charge in [-0.1, -0.05) is 86.0 Å². The number of hydrogen-bond donors (Lipinski definition) is 1. The van der Waals surface area contributed by atoms with Gasteiger partial charge in [-0.25, -0.2) is 8.42 Å². The van der Waals surface area contributed by atoms with Crippen molar-refractivity contribution >= 4 is 27.5 Å². The number of anilines is 1. The first-order chi connectivity index (χ1) is 24.0. The van der Waals surface area contributed by atoms with Gasteiger partial charge in [-0.15, -0.1) is 0 Å². The number of halogens is 3. The average molecular weight is 708 g/mol. The van der Waals surface area contributed by atoms with Gasteiger partial charge in [0.15, 0.2) is 0 Å². The topological polar surface area (TPSA) is 96.0 Å². The zero-order valence-corrected chi connectivity index (χ0v) is 28.5. The van der Waals surface area contributed by atoms with Crippen LogP contribution in [0.4, 0.5) is 18.9 Å². The molecule has 8 nitrogen and oxygen atoms in total. The number of ether oxygens (including phenoxy) is 1. The molecule has 1 aliphatic carbocycles. The van der Waals surface area contributed by atoms with E-state index in [1.807, 2.05) is 30.3 Å². The number of carbonyl (C=O) groups excluding carboxylic acids is 2. The molecule has 4 aromatic rings. The second kappa shape index (κ2) is 16.2. The third-order valence-electron chi connectivity index (χ3n) is 8.78. The van der Waals surface area contributed by atoms with Gasteiger partial charge in [-0.2, -0.15) is 13.2 Å². The Kier molecular flexibility index (Phi) is 11.8. The van der Waals surface area contributed by atoms with Gasteiger partial charge in [0, 0.05) is 19.0 Å². The zero-order chi connectivity index (χ0) is 35.7. The minimum absolute atomic E-state index is 0.0802. The van der Waals surface area contributed by atoms with Crippen molar-refractivity contribution in [1.82, 2.24) is 10.2 Å². The SMILES string of the molecule is COc1cccc(CN(C(=O)CN(c2cccc(C(F)(F)F)c2)S(=O)(=O)c2ccccc2)C(Cc2ccccc2)C(=O)NC2CCCCC2)c1. The molecule has 1 fully saturated rings. The van der Waals surface area contributed by atoms with Crippen LogP contribution >= 0.6 is 0 Å². The molecular formula is C38H40F3N3O5S. The molecule has 1 atom stereocenters. The summed E-state index contributed by atoms with van der Waals surface area (Å²) in [6.45, 7) is -0.974. The van der Waals surface area contributed by atoms with Gasteiger partial charge in [0.25, 0.3) is 10.0 Å². The van der Waals surface area contributed by atoms with Crippen molar-refractivity contribution < 1.29 is 35.9 Å². The van der Waals surface area contributed by atoms with Crippen LogP contribution in [-0.2, 0) is 38.8 Å². The summed E-state index contributed by atoms with van der Waals surface area (Å²) in [5, 5.41) is 3.13. The molecule has 0 saturated heterocycles. The zero-order valence-electron chi connectivity index (χ0n) is 27.7. The number of benzene rings is 4. The monoisotopic (exact) mass is 707 g/mol. The molecule has 12 heteroatoms. The molecule has 1 aliphatic rings. The van der Waals surface area contributed by atoms with E-state index in [9.17, 15) is 31.2 Å². The Morgan fingerprint density at radius 1 is 0.840 bits per heavy atom. The fraction of sp³-hybridized carbons (Fsp3) is 0.316. The van der Waals surface area contributed by atoms with Crippen LogP contribution in [0.25, 0.3) is 0 Å². The first-order valence-corrected chi connectivity index (χ1v) is 17.9. The standard InChI is InChI=1S/C38H40F3N3O5S/c1-49-33-20-11-15-29(23-33)26-43(35(24-28-13-5-2-6-14-28)37(46)42-31-17-7-3-8-18-31)36(45)27-44(50(47,48)34-21-9-4-10-22-34)32-19-12-16-30(25-32)38(39,40)41/h2,4-6,9-16,19-23,25,31,35H,3,7-8,17-18,24,26-27H2,1H3,(H,42,46). The molecule has 5 rings (SSSR count). The van der Waals surface area contributed by atoms with Crippen LogP contribution in [-0.4, -0.2) is 50.9 Å². The second-order valence-corrected chi connectivity index (χ2v) is 14.2. The molecule has 2 amide bonds. The van der Waals surface area contributed by atoms with Crippen LogP contribution < -0.4 is 14.4 Å². The molecule has 1 saturated carbocycles. The molecule has 0 heterocycles. The minimum atomic E-state index is -4.77. The van der Waals surface area contributed by atoms with Crippen molar-refractivity contribution in [1.29, 1.82) is 0 Å². The van der Waals surface area contributed by atoms with E-state index in [1.165, 1.54) is 42.3 Å². The normalized spacial score (nSPS) is 14.4. The quantitative estimate of drug-likeness (QED) is 0.162. The highest BCUT2D eigenvalue weighted by molar-refractivity contribution is 7.92. The molecule has 0 bridgehead atoms. The van der Waals surface area contributed by atoms with Crippen molar-refractivity contribution in [2.24, 2.45) is 0 Å². The van der Waals surface area contributed by atoms with Gasteiger partial charge in [0.1, 0.15) is 18.3 Å². The number of amides is 2. The number of alkyl halides is 3. The van der Waals surface area contributed by atoms with E-state index in [1.54, 1.807) is 30.3 Å². The Morgan fingerprint density at radius 2 is 1.48 bits per heavy atom. The first-order valence-electron chi connectivity index (χ1n) is 16.5. The molecular weight excluding hydrogens is 667 g/mol. The number of carbonyl (C=O) groups is 2. The van der Waals surface area contributed by atoms with Crippen LogP contribution in [0.5, 0.6) is 5.75 Å². The van der Waals surface area contributed by atoms with Gasteiger partial charge < -0.3 is 15.0 Å². The third-order valence-corrected chi connectivity index (χ3v) is 10.6. The summed E-state index contributed by atoms with van der Waals surface area (Å²) in [5.74, 6) is -0.656. The lowest BCUT2D eigenvalue weighted by atomic mass is 9.94. The Balaban J connectivity index is 1.60.